The molecule has 0 spiro atoms. The highest BCUT2D eigenvalue weighted by Crippen LogP contribution is 2.06. The molecule has 0 aliphatic carbocycles. The second kappa shape index (κ2) is 7.07. The summed E-state index contributed by atoms with van der Waals surface area (Å²) < 4.78 is 0. The van der Waals surface area contributed by atoms with Crippen molar-refractivity contribution in [2.75, 3.05) is 6.54 Å². The van der Waals surface area contributed by atoms with Gasteiger partial charge in [0.2, 0.25) is 5.91 Å². The van der Waals surface area contributed by atoms with Gasteiger partial charge >= 0.3 is 0 Å². The SMILES string of the molecule is CCC(CN)NC(=O)CCc1cccc(C)c1. The van der Waals surface area contributed by atoms with Crippen molar-refractivity contribution < 1.29 is 4.79 Å². The van der Waals surface area contributed by atoms with Crippen LogP contribution in [0.2, 0.25) is 0 Å². The standard InChI is InChI=1S/C14H22N2O/c1-3-13(10-15)16-14(17)8-7-12-6-4-5-11(2)9-12/h4-6,9,13H,3,7-8,10,15H2,1-2H3,(H,16,17). The maximum atomic E-state index is 11.7. The molecule has 3 N–H and O–H groups in total. The van der Waals surface area contributed by atoms with Crippen molar-refractivity contribution in [2.24, 2.45) is 5.73 Å². The first-order valence-electron chi connectivity index (χ1n) is 6.20. The molecule has 0 fully saturated rings. The van der Waals surface area contributed by atoms with E-state index >= 15 is 0 Å². The van der Waals surface area contributed by atoms with Gasteiger partial charge in [0.05, 0.1) is 0 Å². The number of benzene rings is 1. The molecule has 0 aliphatic heterocycles. The van der Waals surface area contributed by atoms with Gasteiger partial charge in [0.1, 0.15) is 0 Å². The zero-order chi connectivity index (χ0) is 12.7. The minimum atomic E-state index is 0.0869. The highest BCUT2D eigenvalue weighted by Gasteiger charge is 2.08. The zero-order valence-corrected chi connectivity index (χ0v) is 10.7. The Balaban J connectivity index is 2.38. The molecular weight excluding hydrogens is 212 g/mol. The van der Waals surface area contributed by atoms with E-state index in [1.807, 2.05) is 13.0 Å². The third-order valence-corrected chi connectivity index (χ3v) is 2.87. The summed E-state index contributed by atoms with van der Waals surface area (Å²) in [5.41, 5.74) is 7.99. The van der Waals surface area contributed by atoms with E-state index in [-0.39, 0.29) is 11.9 Å². The highest BCUT2D eigenvalue weighted by molar-refractivity contribution is 5.76. The summed E-state index contributed by atoms with van der Waals surface area (Å²) in [5.74, 6) is 0.0869. The molecule has 17 heavy (non-hydrogen) atoms. The first kappa shape index (κ1) is 13.7. The van der Waals surface area contributed by atoms with Crippen LogP contribution < -0.4 is 11.1 Å². The molecule has 3 nitrogen and oxygen atoms in total. The fourth-order valence-corrected chi connectivity index (χ4v) is 1.75. The smallest absolute Gasteiger partial charge is 0.220 e. The molecule has 0 bridgehead atoms. The number of nitrogens with two attached hydrogens (primary N) is 1. The molecule has 1 amide bonds. The van der Waals surface area contributed by atoms with E-state index in [0.717, 1.165) is 12.8 Å². The number of aryl methyl sites for hydroxylation is 2. The molecule has 1 atom stereocenters. The first-order chi connectivity index (χ1) is 8.15. The predicted octanol–water partition coefficient (Wildman–Crippen LogP) is 1.78. The van der Waals surface area contributed by atoms with Crippen molar-refractivity contribution in [3.8, 4) is 0 Å². The second-order valence-corrected chi connectivity index (χ2v) is 4.40. The number of hydrogen-bond donors (Lipinski definition) is 2. The summed E-state index contributed by atoms with van der Waals surface area (Å²) in [4.78, 5) is 11.7. The van der Waals surface area contributed by atoms with E-state index < -0.39 is 0 Å². The molecule has 0 saturated carbocycles. The normalized spacial score (nSPS) is 12.2. The quantitative estimate of drug-likeness (QED) is 0.788. The molecule has 3 heteroatoms. The Morgan fingerprint density at radius 3 is 2.82 bits per heavy atom. The van der Waals surface area contributed by atoms with Gasteiger partial charge < -0.3 is 11.1 Å². The van der Waals surface area contributed by atoms with Gasteiger partial charge in [-0.25, -0.2) is 0 Å². The van der Waals surface area contributed by atoms with Crippen LogP contribution in [-0.2, 0) is 11.2 Å². The number of carbonyl (C=O) groups is 1. The lowest BCUT2D eigenvalue weighted by atomic mass is 10.1. The van der Waals surface area contributed by atoms with Gasteiger partial charge in [-0.2, -0.15) is 0 Å². The topological polar surface area (TPSA) is 55.1 Å². The maximum absolute atomic E-state index is 11.7. The average molecular weight is 234 g/mol. The Kier molecular flexibility index (Phi) is 5.70. The van der Waals surface area contributed by atoms with Crippen molar-refractivity contribution in [1.29, 1.82) is 0 Å². The molecule has 94 valence electrons. The van der Waals surface area contributed by atoms with E-state index in [0.29, 0.717) is 13.0 Å². The third kappa shape index (κ3) is 5.00. The van der Waals surface area contributed by atoms with Gasteiger partial charge in [0.25, 0.3) is 0 Å². The molecule has 0 heterocycles. The minimum absolute atomic E-state index is 0.0869. The van der Waals surface area contributed by atoms with E-state index in [1.165, 1.54) is 11.1 Å². The van der Waals surface area contributed by atoms with E-state index in [1.54, 1.807) is 0 Å². The third-order valence-electron chi connectivity index (χ3n) is 2.87. The molecule has 0 aliphatic rings. The molecular formula is C14H22N2O. The summed E-state index contributed by atoms with van der Waals surface area (Å²) in [6.45, 7) is 4.59. The van der Waals surface area contributed by atoms with Gasteiger partial charge in [0.15, 0.2) is 0 Å². The van der Waals surface area contributed by atoms with Gasteiger partial charge in [-0.1, -0.05) is 36.8 Å². The van der Waals surface area contributed by atoms with E-state index in [4.69, 9.17) is 5.73 Å². The Bertz CT molecular complexity index is 359. The van der Waals surface area contributed by atoms with Crippen LogP contribution in [0.25, 0.3) is 0 Å². The van der Waals surface area contributed by atoms with Gasteiger partial charge in [-0.15, -0.1) is 0 Å². The number of hydrogen-bond acceptors (Lipinski definition) is 2. The van der Waals surface area contributed by atoms with Crippen LogP contribution in [0.4, 0.5) is 0 Å². The lowest BCUT2D eigenvalue weighted by Gasteiger charge is -2.14. The number of nitrogens with one attached hydrogen (secondary N) is 1. The van der Waals surface area contributed by atoms with Crippen LogP contribution in [0.5, 0.6) is 0 Å². The van der Waals surface area contributed by atoms with Crippen LogP contribution in [0.3, 0.4) is 0 Å². The fraction of sp³-hybridized carbons (Fsp3) is 0.500. The lowest BCUT2D eigenvalue weighted by molar-refractivity contribution is -0.121. The Labute approximate surface area is 103 Å². The summed E-state index contributed by atoms with van der Waals surface area (Å²) in [6.07, 6.45) is 2.20. The summed E-state index contributed by atoms with van der Waals surface area (Å²) >= 11 is 0. The Morgan fingerprint density at radius 2 is 2.24 bits per heavy atom. The van der Waals surface area contributed by atoms with E-state index in [9.17, 15) is 4.79 Å². The fourth-order valence-electron chi connectivity index (χ4n) is 1.75. The van der Waals surface area contributed by atoms with Crippen LogP contribution in [0, 0.1) is 6.92 Å². The zero-order valence-electron chi connectivity index (χ0n) is 10.7. The van der Waals surface area contributed by atoms with Crippen molar-refractivity contribution in [3.63, 3.8) is 0 Å². The van der Waals surface area contributed by atoms with Crippen molar-refractivity contribution in [1.82, 2.24) is 5.32 Å². The van der Waals surface area contributed by atoms with E-state index in [2.05, 4.69) is 30.4 Å². The van der Waals surface area contributed by atoms with Crippen LogP contribution in [0.15, 0.2) is 24.3 Å². The minimum Gasteiger partial charge on any atom is -0.352 e. The predicted molar refractivity (Wildman–Crippen MR) is 70.8 cm³/mol. The first-order valence-corrected chi connectivity index (χ1v) is 6.20. The van der Waals surface area contributed by atoms with Crippen molar-refractivity contribution >= 4 is 5.91 Å². The molecule has 1 rings (SSSR count). The molecule has 1 aromatic rings. The number of carbonyl (C=O) groups excluding carboxylic acids is 1. The van der Waals surface area contributed by atoms with Gasteiger partial charge in [0, 0.05) is 19.0 Å². The lowest BCUT2D eigenvalue weighted by Crippen LogP contribution is -2.39. The second-order valence-electron chi connectivity index (χ2n) is 4.40. The molecule has 0 saturated heterocycles. The van der Waals surface area contributed by atoms with Crippen molar-refractivity contribution in [3.05, 3.63) is 35.4 Å². The van der Waals surface area contributed by atoms with Crippen molar-refractivity contribution in [2.45, 2.75) is 39.2 Å². The monoisotopic (exact) mass is 234 g/mol. The average Bonchev–Trinajstić information content (AvgIpc) is 2.33. The summed E-state index contributed by atoms with van der Waals surface area (Å²) in [5, 5.41) is 2.94. The van der Waals surface area contributed by atoms with Gasteiger partial charge in [-0.3, -0.25) is 4.79 Å². The number of amides is 1. The molecule has 0 aromatic heterocycles. The summed E-state index contributed by atoms with van der Waals surface area (Å²) in [7, 11) is 0. The molecule has 1 aromatic carbocycles. The van der Waals surface area contributed by atoms with Gasteiger partial charge in [-0.05, 0) is 25.3 Å². The largest absolute Gasteiger partial charge is 0.352 e. The van der Waals surface area contributed by atoms with Crippen LogP contribution in [0.1, 0.15) is 30.9 Å². The molecule has 1 unspecified atom stereocenters. The highest BCUT2D eigenvalue weighted by atomic mass is 16.1. The summed E-state index contributed by atoms with van der Waals surface area (Å²) in [6, 6.07) is 8.37. The maximum Gasteiger partial charge on any atom is 0.220 e. The Hall–Kier alpha value is -1.35. The Morgan fingerprint density at radius 1 is 1.47 bits per heavy atom. The van der Waals surface area contributed by atoms with Crippen LogP contribution in [-0.4, -0.2) is 18.5 Å². The number of rotatable bonds is 6. The van der Waals surface area contributed by atoms with Crippen LogP contribution >= 0.6 is 0 Å². The molecule has 0 radical (unpaired) electrons.